The fourth-order valence-electron chi connectivity index (χ4n) is 5.97. The van der Waals surface area contributed by atoms with Gasteiger partial charge in [0, 0.05) is 25.0 Å². The first-order chi connectivity index (χ1) is 26.4. The molecule has 21 heteroatoms. The van der Waals surface area contributed by atoms with Crippen LogP contribution in [0, 0.1) is 5.92 Å². The summed E-state index contributed by atoms with van der Waals surface area (Å²) >= 11 is 3.97. The number of phenolic OH excluding ortho intramolecular Hbond substituents is 1. The van der Waals surface area contributed by atoms with Crippen LogP contribution in [0.25, 0.3) is 0 Å². The lowest BCUT2D eigenvalue weighted by atomic mass is 9.84. The van der Waals surface area contributed by atoms with Crippen LogP contribution in [0.5, 0.6) is 5.75 Å². The highest BCUT2D eigenvalue weighted by molar-refractivity contribution is 7.80. The number of rotatable bonds is 24. The number of aliphatic carboxylic acids is 4. The van der Waals surface area contributed by atoms with Gasteiger partial charge in [-0.1, -0.05) is 44.2 Å². The van der Waals surface area contributed by atoms with Crippen LogP contribution in [0.3, 0.4) is 0 Å². The molecule has 0 saturated heterocycles. The molecule has 0 unspecified atom stereocenters. The summed E-state index contributed by atoms with van der Waals surface area (Å²) in [4.78, 5) is 113. The third kappa shape index (κ3) is 16.9. The van der Waals surface area contributed by atoms with Gasteiger partial charge in [-0.25, -0.2) is 4.79 Å². The Bertz CT molecular complexity index is 1570. The first kappa shape index (κ1) is 46.7. The van der Waals surface area contributed by atoms with E-state index < -0.39 is 122 Å². The fraction of sp³-hybridized carbons (Fsp3) is 0.571. The lowest BCUT2D eigenvalue weighted by Crippen LogP contribution is -2.60. The van der Waals surface area contributed by atoms with Crippen molar-refractivity contribution in [2.24, 2.45) is 11.7 Å². The minimum Gasteiger partial charge on any atom is -0.508 e. The molecule has 5 amide bonds. The number of phenols is 1. The number of aromatic hydroxyl groups is 1. The Morgan fingerprint density at radius 2 is 1.07 bits per heavy atom. The van der Waals surface area contributed by atoms with Crippen molar-refractivity contribution in [2.45, 2.75) is 113 Å². The van der Waals surface area contributed by atoms with Gasteiger partial charge in [0.25, 0.3) is 0 Å². The van der Waals surface area contributed by atoms with Crippen molar-refractivity contribution in [3.05, 3.63) is 29.8 Å². The van der Waals surface area contributed by atoms with Crippen LogP contribution < -0.4 is 32.3 Å². The van der Waals surface area contributed by atoms with Crippen LogP contribution in [-0.4, -0.2) is 121 Å². The highest BCUT2D eigenvalue weighted by Gasteiger charge is 2.34. The summed E-state index contributed by atoms with van der Waals surface area (Å²) in [5, 5.41) is 58.8. The smallest absolute Gasteiger partial charge is 0.327 e. The molecule has 1 aliphatic carbocycles. The van der Waals surface area contributed by atoms with E-state index in [1.807, 2.05) is 0 Å². The maximum atomic E-state index is 13.9. The largest absolute Gasteiger partial charge is 0.508 e. The lowest BCUT2D eigenvalue weighted by Gasteiger charge is -2.29. The van der Waals surface area contributed by atoms with Crippen molar-refractivity contribution in [3.63, 3.8) is 0 Å². The van der Waals surface area contributed by atoms with Gasteiger partial charge in [-0.2, -0.15) is 12.6 Å². The Morgan fingerprint density at radius 3 is 1.55 bits per heavy atom. The average Bonchev–Trinajstić information content (AvgIpc) is 3.13. The number of thiol groups is 1. The van der Waals surface area contributed by atoms with E-state index in [0.29, 0.717) is 5.56 Å². The quantitative estimate of drug-likeness (QED) is 0.0550. The van der Waals surface area contributed by atoms with Gasteiger partial charge in [0.2, 0.25) is 29.5 Å². The van der Waals surface area contributed by atoms with E-state index in [1.54, 1.807) is 0 Å². The molecule has 56 heavy (non-hydrogen) atoms. The topological polar surface area (TPSA) is 341 Å². The van der Waals surface area contributed by atoms with E-state index in [-0.39, 0.29) is 30.3 Å². The molecule has 1 aromatic carbocycles. The average molecular weight is 811 g/mol. The second kappa shape index (κ2) is 23.5. The van der Waals surface area contributed by atoms with Gasteiger partial charge in [-0.05, 0) is 42.9 Å². The molecule has 6 atom stereocenters. The molecule has 1 fully saturated rings. The van der Waals surface area contributed by atoms with Gasteiger partial charge in [0.1, 0.15) is 36.0 Å². The van der Waals surface area contributed by atoms with Crippen LogP contribution in [0.1, 0.15) is 76.2 Å². The number of carbonyl (C=O) groups is 9. The molecule has 0 spiro atoms. The van der Waals surface area contributed by atoms with E-state index in [1.165, 1.54) is 24.3 Å². The van der Waals surface area contributed by atoms with E-state index in [9.17, 15) is 63.6 Å². The monoisotopic (exact) mass is 810 g/mol. The number of carboxylic acid groups (broad SMARTS) is 4. The highest BCUT2D eigenvalue weighted by atomic mass is 32.1. The van der Waals surface area contributed by atoms with Crippen LogP contribution in [0.15, 0.2) is 24.3 Å². The molecule has 20 nitrogen and oxygen atoms in total. The number of nitrogens with one attached hydrogen (secondary N) is 5. The molecule has 2 rings (SSSR count). The van der Waals surface area contributed by atoms with Crippen molar-refractivity contribution < 1.29 is 68.7 Å². The lowest BCUT2D eigenvalue weighted by molar-refractivity contribution is -0.142. The van der Waals surface area contributed by atoms with Gasteiger partial charge in [-0.3, -0.25) is 38.4 Å². The molecule has 1 aliphatic rings. The minimum atomic E-state index is -1.63. The number of hydrogen-bond acceptors (Lipinski definition) is 12. The number of carboxylic acids is 4. The third-order valence-electron chi connectivity index (χ3n) is 9.02. The summed E-state index contributed by atoms with van der Waals surface area (Å²) < 4.78 is 0. The molecular weight excluding hydrogens is 760 g/mol. The molecule has 0 heterocycles. The number of nitrogens with two attached hydrogens (primary N) is 1. The van der Waals surface area contributed by atoms with Crippen LogP contribution in [-0.2, 0) is 49.6 Å². The predicted molar refractivity (Wildman–Crippen MR) is 198 cm³/mol. The standard InChI is InChI=1S/C35H50N6O14S/c36-21(16-29(47)48)30(49)37-22(10-12-27(43)44)31(50)40-25(15-19-6-8-20(42)9-7-19)33(52)38-23(11-13-28(45)46)32(51)39-24(14-18-4-2-1-3-5-18)34(53)41-26(17-56)35(54)55/h6-9,18,21-26,42,56H,1-5,10-17,36H2,(H,37,49)(H,38,52)(H,39,51)(H,40,50)(H,41,53)(H,43,44)(H,45,46)(H,47,48)(H,54,55)/t21-,22-,23-,24-,25-,26-/m0/s1. The van der Waals surface area contributed by atoms with E-state index >= 15 is 0 Å². The summed E-state index contributed by atoms with van der Waals surface area (Å²) in [5.41, 5.74) is 5.98. The van der Waals surface area contributed by atoms with Crippen molar-refractivity contribution in [3.8, 4) is 5.75 Å². The van der Waals surface area contributed by atoms with Crippen LogP contribution in [0.2, 0.25) is 0 Å². The molecular formula is C35H50N6O14S. The molecule has 0 bridgehead atoms. The van der Waals surface area contributed by atoms with Crippen molar-refractivity contribution in [1.29, 1.82) is 0 Å². The van der Waals surface area contributed by atoms with E-state index in [4.69, 9.17) is 10.8 Å². The normalized spacial score (nSPS) is 16.0. The Kier molecular flexibility index (Phi) is 19.6. The summed E-state index contributed by atoms with van der Waals surface area (Å²) in [5.74, 6) is -10.9. The molecule has 310 valence electrons. The first-order valence-corrected chi connectivity index (χ1v) is 18.6. The van der Waals surface area contributed by atoms with Crippen LogP contribution >= 0.6 is 12.6 Å². The number of carbonyl (C=O) groups excluding carboxylic acids is 5. The van der Waals surface area contributed by atoms with E-state index in [0.717, 1.165) is 32.1 Å². The Morgan fingerprint density at radius 1 is 0.625 bits per heavy atom. The van der Waals surface area contributed by atoms with Gasteiger partial charge in [0.05, 0.1) is 12.5 Å². The summed E-state index contributed by atoms with van der Waals surface area (Å²) in [7, 11) is 0. The molecule has 1 aromatic rings. The molecule has 1 saturated carbocycles. The van der Waals surface area contributed by atoms with Gasteiger partial charge >= 0.3 is 23.9 Å². The second-order valence-electron chi connectivity index (χ2n) is 13.5. The highest BCUT2D eigenvalue weighted by Crippen LogP contribution is 2.27. The molecule has 12 N–H and O–H groups in total. The number of hydrogen-bond donors (Lipinski definition) is 12. The molecule has 0 aromatic heterocycles. The summed E-state index contributed by atoms with van der Waals surface area (Å²) in [6, 6.07) is -3.73. The SMILES string of the molecule is N[C@@H](CC(=O)O)C(=O)N[C@@H](CCC(=O)O)C(=O)N[C@@H](Cc1ccc(O)cc1)C(=O)N[C@@H](CCC(=O)O)C(=O)N[C@@H](CC1CCCCC1)C(=O)N[C@@H](CS)C(=O)O. The van der Waals surface area contributed by atoms with Gasteiger partial charge < -0.3 is 57.9 Å². The molecule has 0 aliphatic heterocycles. The Hall–Kier alpha value is -5.44. The molecule has 0 radical (unpaired) electrons. The maximum absolute atomic E-state index is 13.9. The summed E-state index contributed by atoms with van der Waals surface area (Å²) in [6.45, 7) is 0. The van der Waals surface area contributed by atoms with Gasteiger partial charge in [-0.15, -0.1) is 0 Å². The number of amides is 5. The zero-order valence-electron chi connectivity index (χ0n) is 30.5. The number of benzene rings is 1. The maximum Gasteiger partial charge on any atom is 0.327 e. The zero-order chi connectivity index (χ0) is 41.9. The van der Waals surface area contributed by atoms with Crippen molar-refractivity contribution in [1.82, 2.24) is 26.6 Å². The summed E-state index contributed by atoms with van der Waals surface area (Å²) in [6.07, 6.45) is 0.944. The minimum absolute atomic E-state index is 0.00992. The first-order valence-electron chi connectivity index (χ1n) is 17.9. The predicted octanol–water partition coefficient (Wildman–Crippen LogP) is -1.12. The third-order valence-corrected chi connectivity index (χ3v) is 9.39. The second-order valence-corrected chi connectivity index (χ2v) is 13.9. The zero-order valence-corrected chi connectivity index (χ0v) is 31.4. The Labute approximate surface area is 327 Å². The van der Waals surface area contributed by atoms with Crippen LogP contribution in [0.4, 0.5) is 0 Å². The fourth-order valence-corrected chi connectivity index (χ4v) is 6.22. The van der Waals surface area contributed by atoms with Crippen molar-refractivity contribution >= 4 is 66.0 Å². The van der Waals surface area contributed by atoms with Gasteiger partial charge in [0.15, 0.2) is 0 Å². The Balaban J connectivity index is 2.43. The van der Waals surface area contributed by atoms with E-state index in [2.05, 4.69) is 39.2 Å². The van der Waals surface area contributed by atoms with Crippen molar-refractivity contribution in [2.75, 3.05) is 5.75 Å².